The highest BCUT2D eigenvalue weighted by Crippen LogP contribution is 2.47. The minimum Gasteiger partial charge on any atom is -0.456 e. The molecule has 1 aliphatic rings. The maximum Gasteiger partial charge on any atom is 0.169 e. The van der Waals surface area contributed by atoms with Gasteiger partial charge in [-0.1, -0.05) is 91.0 Å². The van der Waals surface area contributed by atoms with Gasteiger partial charge in [0.15, 0.2) is 23.3 Å². The average molecular weight is 1110 g/mol. The maximum absolute atomic E-state index is 16.9. The van der Waals surface area contributed by atoms with Crippen molar-refractivity contribution in [1.29, 1.82) is 0 Å². The molecule has 0 saturated heterocycles. The molecular weight excluding hydrogens is 1070 g/mol. The Bertz CT molecular complexity index is 5870. The second-order valence-corrected chi connectivity index (χ2v) is 22.0. The number of hydrogen-bond donors (Lipinski definition) is 0. The maximum atomic E-state index is 16.9. The van der Waals surface area contributed by atoms with E-state index in [1.165, 1.54) is 0 Å². The molecule has 402 valence electrons. The van der Waals surface area contributed by atoms with Gasteiger partial charge >= 0.3 is 0 Å². The zero-order valence-corrected chi connectivity index (χ0v) is 44.7. The number of anilines is 1. The van der Waals surface area contributed by atoms with Gasteiger partial charge in [0.2, 0.25) is 0 Å². The molecule has 8 nitrogen and oxygen atoms in total. The van der Waals surface area contributed by atoms with E-state index in [1.54, 1.807) is 42.9 Å². The summed E-state index contributed by atoms with van der Waals surface area (Å²) in [6.07, 6.45) is 6.73. The molecule has 0 fully saturated rings. The number of pyridine rings is 3. The fourth-order valence-electron chi connectivity index (χ4n) is 13.1. The van der Waals surface area contributed by atoms with Crippen molar-refractivity contribution < 1.29 is 35.2 Å². The van der Waals surface area contributed by atoms with Gasteiger partial charge in [0.05, 0.1) is 22.2 Å². The second kappa shape index (κ2) is 17.5. The lowest BCUT2D eigenvalue weighted by Crippen LogP contribution is -2.25. The second-order valence-electron chi connectivity index (χ2n) is 22.0. The van der Waals surface area contributed by atoms with Crippen molar-refractivity contribution in [2.24, 2.45) is 0 Å². The van der Waals surface area contributed by atoms with E-state index in [-0.39, 0.29) is 32.8 Å². The van der Waals surface area contributed by atoms with Gasteiger partial charge in [-0.25, -0.2) is 17.6 Å². The van der Waals surface area contributed by atoms with Gasteiger partial charge in [0.25, 0.3) is 0 Å². The first-order valence-corrected chi connectivity index (χ1v) is 27.7. The molecule has 10 aromatic carbocycles. The Labute approximate surface area is 477 Å². The Balaban J connectivity index is 0.722. The molecule has 0 bridgehead atoms. The number of rotatable bonds is 5. The number of benzene rings is 10. The zero-order valence-electron chi connectivity index (χ0n) is 44.7. The highest BCUT2D eigenvalue weighted by Gasteiger charge is 2.29. The summed E-state index contributed by atoms with van der Waals surface area (Å²) >= 11 is 0. The molecule has 0 N–H and O–H groups in total. The molecule has 0 spiro atoms. The fourth-order valence-corrected chi connectivity index (χ4v) is 13.1. The van der Waals surface area contributed by atoms with Crippen LogP contribution in [0, 0.1) is 23.3 Å². The van der Waals surface area contributed by atoms with Crippen molar-refractivity contribution in [1.82, 2.24) is 15.0 Å². The number of aromatic nitrogens is 3. The van der Waals surface area contributed by atoms with Crippen LogP contribution < -0.4 is 4.90 Å². The van der Waals surface area contributed by atoms with E-state index in [4.69, 9.17) is 27.6 Å². The molecule has 7 aromatic heterocycles. The molecule has 18 rings (SSSR count). The lowest BCUT2D eigenvalue weighted by atomic mass is 9.92. The van der Waals surface area contributed by atoms with Gasteiger partial charge in [0.1, 0.15) is 44.7 Å². The average Bonchev–Trinajstić information content (AvgIpc) is 3.40. The van der Waals surface area contributed by atoms with Gasteiger partial charge in [0, 0.05) is 125 Å². The van der Waals surface area contributed by atoms with Crippen LogP contribution in [0.15, 0.2) is 212 Å². The molecule has 0 saturated carbocycles. The lowest BCUT2D eigenvalue weighted by Gasteiger charge is -2.29. The zero-order chi connectivity index (χ0) is 56.5. The first-order chi connectivity index (χ1) is 41.6. The standard InChI is InChI=1S/C73H38F4N4O4/c1-81-35-43(44-12-8-13-48-45-9-2-6-15-59(45)84-72(44)48)31-57-67(77)66(76)56-30-42(34-80-70(56)71(57)81)49-26-39(27-53-47-11-4-7-16-60(47)85-73(49)53)36-17-20-62-51(23-36)52-25-38(19-22-63(52)83-62)41-29-55-65(75)64(74)54-28-40(32-78-68(54)69(55)79-33-41)37-18-21-61-50(24-37)46-10-3-5-14-58(46)82-61/h2-34H,35H2,1H3. The number of halogens is 4. The van der Waals surface area contributed by atoms with Crippen molar-refractivity contribution in [3.63, 3.8) is 0 Å². The molecule has 0 unspecified atom stereocenters. The minimum absolute atomic E-state index is 0.00710. The summed E-state index contributed by atoms with van der Waals surface area (Å²) in [6, 6.07) is 55.6. The van der Waals surface area contributed by atoms with E-state index in [1.807, 2.05) is 158 Å². The predicted octanol–water partition coefficient (Wildman–Crippen LogP) is 20.1. The van der Waals surface area contributed by atoms with Crippen LogP contribution in [0.3, 0.4) is 0 Å². The summed E-state index contributed by atoms with van der Waals surface area (Å²) in [5, 5.41) is 7.20. The number of para-hydroxylation sites is 4. The fraction of sp³-hybridized carbons (Fsp3) is 0.0274. The van der Waals surface area contributed by atoms with E-state index in [0.29, 0.717) is 73.5 Å². The Hall–Kier alpha value is -11.1. The minimum atomic E-state index is -1.02. The smallest absolute Gasteiger partial charge is 0.169 e. The van der Waals surface area contributed by atoms with Crippen LogP contribution in [-0.4, -0.2) is 28.5 Å². The molecule has 0 atom stereocenters. The molecule has 0 amide bonds. The van der Waals surface area contributed by atoms with Crippen LogP contribution in [-0.2, 0) is 0 Å². The Kier molecular flexibility index (Phi) is 9.76. The molecule has 17 aromatic rings. The first kappa shape index (κ1) is 47.5. The van der Waals surface area contributed by atoms with Crippen LogP contribution in [0.25, 0.3) is 177 Å². The summed E-state index contributed by atoms with van der Waals surface area (Å²) in [5.41, 5.74) is 14.0. The van der Waals surface area contributed by atoms with Crippen molar-refractivity contribution in [3.8, 4) is 44.5 Å². The van der Waals surface area contributed by atoms with E-state index >= 15 is 17.6 Å². The molecule has 0 radical (unpaired) electrons. The normalized spacial score (nSPS) is 13.0. The summed E-state index contributed by atoms with van der Waals surface area (Å²) in [4.78, 5) is 16.3. The SMILES string of the molecule is CN1CC(c2cccc3c2oc2ccccc23)=Cc2c(F)c(F)c3cc(-c4cc(-c5ccc6oc7ccc(-c8cnc9c(c8)c(F)c(F)c8cc(-c%10ccc%11oc%12ccccc%12c%11c%10)cnc89)cc7c6c5)cc5c4oc4ccccc45)cnc3c21. The third-order valence-electron chi connectivity index (χ3n) is 17.2. The summed E-state index contributed by atoms with van der Waals surface area (Å²) in [7, 11) is 1.86. The Morgan fingerprint density at radius 3 is 1.38 bits per heavy atom. The van der Waals surface area contributed by atoms with Gasteiger partial charge < -0.3 is 22.6 Å². The molecule has 85 heavy (non-hydrogen) atoms. The topological polar surface area (TPSA) is 94.5 Å². The number of furan rings is 4. The molecule has 12 heteroatoms. The van der Waals surface area contributed by atoms with Gasteiger partial charge in [-0.2, -0.15) is 0 Å². The van der Waals surface area contributed by atoms with E-state index in [0.717, 1.165) is 87.7 Å². The number of likely N-dealkylation sites (N-methyl/N-ethyl adjacent to an activating group) is 1. The van der Waals surface area contributed by atoms with Crippen LogP contribution in [0.2, 0.25) is 0 Å². The number of fused-ring (bicyclic) bond motifs is 18. The third-order valence-corrected chi connectivity index (χ3v) is 17.2. The predicted molar refractivity (Wildman–Crippen MR) is 331 cm³/mol. The first-order valence-electron chi connectivity index (χ1n) is 27.7. The quantitative estimate of drug-likeness (QED) is 0.124. The monoisotopic (exact) mass is 1110 g/mol. The van der Waals surface area contributed by atoms with Gasteiger partial charge in [-0.3, -0.25) is 15.0 Å². The van der Waals surface area contributed by atoms with E-state index in [9.17, 15) is 0 Å². The van der Waals surface area contributed by atoms with E-state index in [2.05, 4.69) is 17.1 Å². The highest BCUT2D eigenvalue weighted by atomic mass is 19.2. The highest BCUT2D eigenvalue weighted by molar-refractivity contribution is 6.15. The van der Waals surface area contributed by atoms with Crippen molar-refractivity contribution >= 4 is 138 Å². The van der Waals surface area contributed by atoms with Crippen molar-refractivity contribution in [2.45, 2.75) is 0 Å². The number of hydrogen-bond acceptors (Lipinski definition) is 8. The summed E-state index contributed by atoms with van der Waals surface area (Å²) in [5.74, 6) is -4.00. The lowest BCUT2D eigenvalue weighted by molar-refractivity contribution is 0.515. The van der Waals surface area contributed by atoms with Gasteiger partial charge in [-0.05, 0) is 119 Å². The van der Waals surface area contributed by atoms with E-state index < -0.39 is 23.3 Å². The van der Waals surface area contributed by atoms with Crippen LogP contribution in [0.4, 0.5) is 23.2 Å². The Morgan fingerprint density at radius 2 is 0.765 bits per heavy atom. The summed E-state index contributed by atoms with van der Waals surface area (Å²) < 4.78 is 91.7. The third kappa shape index (κ3) is 6.93. The van der Waals surface area contributed by atoms with Crippen LogP contribution in [0.1, 0.15) is 11.1 Å². The van der Waals surface area contributed by atoms with Crippen molar-refractivity contribution in [2.75, 3.05) is 18.5 Å². The van der Waals surface area contributed by atoms with Crippen molar-refractivity contribution in [3.05, 3.63) is 229 Å². The Morgan fingerprint density at radius 1 is 0.341 bits per heavy atom. The van der Waals surface area contributed by atoms with Crippen LogP contribution in [0.5, 0.6) is 0 Å². The molecule has 1 aliphatic heterocycles. The summed E-state index contributed by atoms with van der Waals surface area (Å²) in [6.45, 7) is 0.399. The van der Waals surface area contributed by atoms with Crippen LogP contribution >= 0.6 is 0 Å². The van der Waals surface area contributed by atoms with Gasteiger partial charge in [-0.15, -0.1) is 0 Å². The largest absolute Gasteiger partial charge is 0.456 e. The molecular formula is C73H38F4N4O4. The molecule has 0 aliphatic carbocycles. The number of nitrogens with zero attached hydrogens (tertiary/aromatic N) is 4. The molecule has 8 heterocycles.